The van der Waals surface area contributed by atoms with Crippen molar-refractivity contribution in [2.75, 3.05) is 36.1 Å². The lowest BCUT2D eigenvalue weighted by Gasteiger charge is -2.23. The number of anilines is 2. The van der Waals surface area contributed by atoms with Gasteiger partial charge in [0.25, 0.3) is 5.91 Å². The highest BCUT2D eigenvalue weighted by molar-refractivity contribution is 9.10. The van der Waals surface area contributed by atoms with Crippen LogP contribution in [0.3, 0.4) is 0 Å². The molecule has 9 heteroatoms. The molecule has 150 valence electrons. The topological polar surface area (TPSA) is 82.1 Å². The molecular weight excluding hydrogens is 444 g/mol. The van der Waals surface area contributed by atoms with E-state index in [0.717, 1.165) is 31.8 Å². The molecular formula is C19H23BrN4O3S. The van der Waals surface area contributed by atoms with Crippen molar-refractivity contribution in [2.24, 2.45) is 5.10 Å². The summed E-state index contributed by atoms with van der Waals surface area (Å²) in [7, 11) is 0.260. The smallest absolute Gasteiger partial charge is 0.260 e. The maximum atomic E-state index is 12.2. The SMILES string of the molecule is Cc1ccccc1N(CC(=O)N/N=C\c1ccc(N(C)C)c(Br)c1)S(C)(=O)=O. The Balaban J connectivity index is 2.09. The first-order valence-corrected chi connectivity index (χ1v) is 11.1. The number of benzene rings is 2. The predicted octanol–water partition coefficient (Wildman–Crippen LogP) is 2.74. The van der Waals surface area contributed by atoms with E-state index in [0.29, 0.717) is 5.69 Å². The summed E-state index contributed by atoms with van der Waals surface area (Å²) in [6, 6.07) is 12.7. The Bertz CT molecular complexity index is 990. The molecule has 0 saturated carbocycles. The van der Waals surface area contributed by atoms with Gasteiger partial charge in [0, 0.05) is 18.6 Å². The van der Waals surface area contributed by atoms with Crippen molar-refractivity contribution in [3.63, 3.8) is 0 Å². The van der Waals surface area contributed by atoms with Gasteiger partial charge in [-0.3, -0.25) is 9.10 Å². The van der Waals surface area contributed by atoms with Gasteiger partial charge >= 0.3 is 0 Å². The number of carbonyl (C=O) groups is 1. The van der Waals surface area contributed by atoms with Gasteiger partial charge in [-0.2, -0.15) is 5.10 Å². The van der Waals surface area contributed by atoms with Gasteiger partial charge in [-0.25, -0.2) is 13.8 Å². The summed E-state index contributed by atoms with van der Waals surface area (Å²) < 4.78 is 26.2. The van der Waals surface area contributed by atoms with Crippen LogP contribution >= 0.6 is 15.9 Å². The van der Waals surface area contributed by atoms with E-state index in [4.69, 9.17) is 0 Å². The minimum absolute atomic E-state index is 0.357. The Hall–Kier alpha value is -2.39. The third-order valence-corrected chi connectivity index (χ3v) is 5.69. The van der Waals surface area contributed by atoms with Crippen molar-refractivity contribution in [2.45, 2.75) is 6.92 Å². The highest BCUT2D eigenvalue weighted by Gasteiger charge is 2.21. The number of rotatable bonds is 7. The highest BCUT2D eigenvalue weighted by Crippen LogP contribution is 2.25. The quantitative estimate of drug-likeness (QED) is 0.502. The fourth-order valence-corrected chi connectivity index (χ4v) is 4.20. The molecule has 0 aromatic heterocycles. The molecule has 0 fully saturated rings. The molecule has 0 bridgehead atoms. The average molecular weight is 467 g/mol. The number of halogens is 1. The van der Waals surface area contributed by atoms with Crippen LogP contribution in [0, 0.1) is 6.92 Å². The molecule has 0 unspecified atom stereocenters. The van der Waals surface area contributed by atoms with Crippen molar-refractivity contribution in [1.82, 2.24) is 5.43 Å². The first-order chi connectivity index (χ1) is 13.1. The lowest BCUT2D eigenvalue weighted by atomic mass is 10.2. The first kappa shape index (κ1) is 21.9. The number of hydrazone groups is 1. The second-order valence-electron chi connectivity index (χ2n) is 6.45. The van der Waals surface area contributed by atoms with Crippen LogP contribution in [-0.2, 0) is 14.8 Å². The van der Waals surface area contributed by atoms with Crippen molar-refractivity contribution >= 4 is 49.4 Å². The maximum absolute atomic E-state index is 12.2. The standard InChI is InChI=1S/C19H23BrN4O3S/c1-14-7-5-6-8-17(14)24(28(4,26)27)13-19(25)22-21-12-15-9-10-18(23(2)3)16(20)11-15/h5-12H,13H2,1-4H3,(H,22,25)/b21-12-. The van der Waals surface area contributed by atoms with E-state index in [9.17, 15) is 13.2 Å². The van der Waals surface area contributed by atoms with Gasteiger partial charge in [0.15, 0.2) is 0 Å². The van der Waals surface area contributed by atoms with Crippen LogP contribution in [0.4, 0.5) is 11.4 Å². The molecule has 1 N–H and O–H groups in total. The Morgan fingerprint density at radius 3 is 2.43 bits per heavy atom. The molecule has 7 nitrogen and oxygen atoms in total. The van der Waals surface area contributed by atoms with Crippen LogP contribution in [0.5, 0.6) is 0 Å². The minimum Gasteiger partial charge on any atom is -0.377 e. The van der Waals surface area contributed by atoms with Crippen LogP contribution < -0.4 is 14.6 Å². The van der Waals surface area contributed by atoms with E-state index in [2.05, 4.69) is 26.5 Å². The second kappa shape index (κ2) is 9.20. The Morgan fingerprint density at radius 1 is 1.18 bits per heavy atom. The van der Waals surface area contributed by atoms with Crippen molar-refractivity contribution in [3.8, 4) is 0 Å². The van der Waals surface area contributed by atoms with Gasteiger partial charge in [-0.05, 0) is 52.2 Å². The highest BCUT2D eigenvalue weighted by atomic mass is 79.9. The molecule has 0 atom stereocenters. The van der Waals surface area contributed by atoms with Crippen LogP contribution in [0.2, 0.25) is 0 Å². The fourth-order valence-electron chi connectivity index (χ4n) is 2.54. The lowest BCUT2D eigenvalue weighted by molar-refractivity contribution is -0.119. The molecule has 0 aliphatic carbocycles. The molecule has 2 rings (SSSR count). The predicted molar refractivity (Wildman–Crippen MR) is 118 cm³/mol. The number of aryl methyl sites for hydroxylation is 1. The van der Waals surface area contributed by atoms with E-state index in [-0.39, 0.29) is 6.54 Å². The summed E-state index contributed by atoms with van der Waals surface area (Å²) in [5.74, 6) is -0.533. The zero-order chi connectivity index (χ0) is 20.9. The lowest BCUT2D eigenvalue weighted by Crippen LogP contribution is -2.39. The van der Waals surface area contributed by atoms with Crippen LogP contribution in [0.15, 0.2) is 52.0 Å². The molecule has 2 aromatic carbocycles. The molecule has 1 amide bonds. The van der Waals surface area contributed by atoms with Crippen LogP contribution in [-0.4, -0.2) is 47.4 Å². The normalized spacial score (nSPS) is 11.5. The Kier molecular flexibility index (Phi) is 7.20. The average Bonchev–Trinajstić information content (AvgIpc) is 2.59. The van der Waals surface area contributed by atoms with Crippen molar-refractivity contribution in [3.05, 3.63) is 58.1 Å². The van der Waals surface area contributed by atoms with E-state index in [1.807, 2.05) is 43.3 Å². The van der Waals surface area contributed by atoms with Crippen LogP contribution in [0.25, 0.3) is 0 Å². The summed E-state index contributed by atoms with van der Waals surface area (Å²) in [5.41, 5.74) is 5.41. The molecule has 2 aromatic rings. The molecule has 0 radical (unpaired) electrons. The number of hydrogen-bond acceptors (Lipinski definition) is 5. The Labute approximate surface area is 174 Å². The number of amides is 1. The van der Waals surface area contributed by atoms with Crippen molar-refractivity contribution < 1.29 is 13.2 Å². The van der Waals surface area contributed by atoms with Crippen molar-refractivity contribution in [1.29, 1.82) is 0 Å². The summed E-state index contributed by atoms with van der Waals surface area (Å²) in [6.07, 6.45) is 2.57. The monoisotopic (exact) mass is 466 g/mol. The molecule has 0 aliphatic rings. The number of nitrogens with one attached hydrogen (secondary N) is 1. The third-order valence-electron chi connectivity index (χ3n) is 3.93. The molecule has 0 heterocycles. The summed E-state index contributed by atoms with van der Waals surface area (Å²) in [4.78, 5) is 14.2. The van der Waals surface area contributed by atoms with Crippen LogP contribution in [0.1, 0.15) is 11.1 Å². The number of nitrogens with zero attached hydrogens (tertiary/aromatic N) is 3. The Morgan fingerprint density at radius 2 is 1.86 bits per heavy atom. The van der Waals surface area contributed by atoms with E-state index < -0.39 is 15.9 Å². The summed E-state index contributed by atoms with van der Waals surface area (Å²) in [6.45, 7) is 1.43. The van der Waals surface area contributed by atoms with Gasteiger partial charge in [0.2, 0.25) is 10.0 Å². The van der Waals surface area contributed by atoms with Gasteiger partial charge in [-0.15, -0.1) is 0 Å². The number of para-hydroxylation sites is 1. The van der Waals surface area contributed by atoms with E-state index in [1.165, 1.54) is 6.21 Å². The minimum atomic E-state index is -3.62. The zero-order valence-corrected chi connectivity index (χ0v) is 18.6. The molecule has 0 aliphatic heterocycles. The summed E-state index contributed by atoms with van der Waals surface area (Å²) >= 11 is 3.49. The maximum Gasteiger partial charge on any atom is 0.260 e. The molecule has 0 saturated heterocycles. The van der Waals surface area contributed by atoms with Gasteiger partial charge < -0.3 is 4.90 Å². The van der Waals surface area contributed by atoms with E-state index in [1.54, 1.807) is 25.1 Å². The number of sulfonamides is 1. The van der Waals surface area contributed by atoms with Gasteiger partial charge in [0.05, 0.1) is 23.8 Å². The molecule has 28 heavy (non-hydrogen) atoms. The zero-order valence-electron chi connectivity index (χ0n) is 16.2. The van der Waals surface area contributed by atoms with E-state index >= 15 is 0 Å². The first-order valence-electron chi connectivity index (χ1n) is 8.41. The van der Waals surface area contributed by atoms with Gasteiger partial charge in [0.1, 0.15) is 6.54 Å². The largest absolute Gasteiger partial charge is 0.377 e. The fraction of sp³-hybridized carbons (Fsp3) is 0.263. The van der Waals surface area contributed by atoms with Gasteiger partial charge in [-0.1, -0.05) is 24.3 Å². The summed E-state index contributed by atoms with van der Waals surface area (Å²) in [5, 5.41) is 3.93. The number of hydrogen-bond donors (Lipinski definition) is 1. The third kappa shape index (κ3) is 5.80. The molecule has 0 spiro atoms. The second-order valence-corrected chi connectivity index (χ2v) is 9.22. The number of carbonyl (C=O) groups excluding carboxylic acids is 1.